The maximum absolute atomic E-state index is 10.2. The van der Waals surface area contributed by atoms with Crippen molar-refractivity contribution in [2.45, 2.75) is 25.3 Å². The molecule has 0 aromatic heterocycles. The smallest absolute Gasteiger partial charge is 0.173 e. The van der Waals surface area contributed by atoms with Crippen LogP contribution in [0.5, 0.6) is 11.5 Å². The summed E-state index contributed by atoms with van der Waals surface area (Å²) in [5.74, 6) is 1.38. The third-order valence-electron chi connectivity index (χ3n) is 4.85. The van der Waals surface area contributed by atoms with E-state index >= 15 is 0 Å². The Morgan fingerprint density at radius 3 is 2.50 bits per heavy atom. The lowest BCUT2D eigenvalue weighted by Crippen LogP contribution is -2.48. The van der Waals surface area contributed by atoms with E-state index in [1.54, 1.807) is 7.11 Å². The number of benzene rings is 1. The average Bonchev–Trinajstić information content (AvgIpc) is 2.50. The number of piperazine rings is 1. The van der Waals surface area contributed by atoms with Gasteiger partial charge in [0.25, 0.3) is 0 Å². The van der Waals surface area contributed by atoms with Crippen LogP contribution in [0.25, 0.3) is 0 Å². The summed E-state index contributed by atoms with van der Waals surface area (Å²) in [5.41, 5.74) is 1.22. The van der Waals surface area contributed by atoms with Crippen molar-refractivity contribution in [2.24, 2.45) is 5.92 Å². The lowest BCUT2D eigenvalue weighted by molar-refractivity contribution is 0.0830. The second-order valence-corrected chi connectivity index (χ2v) is 7.65. The highest BCUT2D eigenvalue weighted by molar-refractivity contribution is 9.13. The van der Waals surface area contributed by atoms with Crippen molar-refractivity contribution >= 4 is 31.9 Å². The quantitative estimate of drug-likeness (QED) is 0.760. The summed E-state index contributed by atoms with van der Waals surface area (Å²) >= 11 is 7.17. The molecular formula is C16H22Br2N2O2. The van der Waals surface area contributed by atoms with E-state index in [2.05, 4.69) is 42.1 Å². The minimum absolute atomic E-state index is 0.158. The lowest BCUT2D eigenvalue weighted by atomic mass is 9.76. The largest absolute Gasteiger partial charge is 0.503 e. The van der Waals surface area contributed by atoms with Gasteiger partial charge in [-0.2, -0.15) is 0 Å². The fraction of sp³-hybridized carbons (Fsp3) is 0.625. The Labute approximate surface area is 148 Å². The molecule has 3 rings (SSSR count). The number of nitrogens with one attached hydrogen (secondary N) is 1. The predicted molar refractivity (Wildman–Crippen MR) is 94.6 cm³/mol. The third kappa shape index (κ3) is 3.03. The van der Waals surface area contributed by atoms with E-state index < -0.39 is 0 Å². The number of ether oxygens (including phenoxy) is 1. The van der Waals surface area contributed by atoms with Crippen molar-refractivity contribution in [1.82, 2.24) is 10.2 Å². The van der Waals surface area contributed by atoms with Gasteiger partial charge in [0.1, 0.15) is 0 Å². The molecule has 2 N–H and O–H groups in total. The van der Waals surface area contributed by atoms with Crippen LogP contribution in [-0.4, -0.2) is 43.3 Å². The van der Waals surface area contributed by atoms with Gasteiger partial charge in [0, 0.05) is 36.7 Å². The van der Waals surface area contributed by atoms with E-state index in [0.29, 0.717) is 22.2 Å². The van der Waals surface area contributed by atoms with Gasteiger partial charge in [-0.3, -0.25) is 4.90 Å². The van der Waals surface area contributed by atoms with Crippen LogP contribution in [0.2, 0.25) is 0 Å². The first-order valence-corrected chi connectivity index (χ1v) is 9.41. The zero-order valence-corrected chi connectivity index (χ0v) is 15.9. The van der Waals surface area contributed by atoms with Gasteiger partial charge >= 0.3 is 0 Å². The van der Waals surface area contributed by atoms with Crippen molar-refractivity contribution in [3.05, 3.63) is 20.6 Å². The van der Waals surface area contributed by atoms with E-state index in [-0.39, 0.29) is 5.75 Å². The Morgan fingerprint density at radius 2 is 1.95 bits per heavy atom. The first kappa shape index (κ1) is 16.6. The van der Waals surface area contributed by atoms with Gasteiger partial charge in [0.05, 0.1) is 11.6 Å². The first-order chi connectivity index (χ1) is 10.6. The van der Waals surface area contributed by atoms with Crippen LogP contribution in [0, 0.1) is 5.92 Å². The van der Waals surface area contributed by atoms with E-state index in [1.807, 2.05) is 6.07 Å². The molecule has 1 saturated carbocycles. The minimum atomic E-state index is 0.158. The molecule has 1 aromatic carbocycles. The zero-order chi connectivity index (χ0) is 15.7. The molecule has 122 valence electrons. The molecule has 0 bridgehead atoms. The molecule has 6 heteroatoms. The molecule has 1 heterocycles. The number of methoxy groups -OCH3 is 1. The number of hydrogen-bond donors (Lipinski definition) is 2. The standard InChI is InChI=1S/C16H22Br2N2O2/c1-22-12-9-11(13(17)14(18)16(12)21)15(10-3-2-4-10)20-7-5-19-6-8-20/h9-10,15,19,21H,2-8H2,1H3/t15-/m1/s1. The van der Waals surface area contributed by atoms with Crippen molar-refractivity contribution in [1.29, 1.82) is 0 Å². The third-order valence-corrected chi connectivity index (χ3v) is 7.01. The predicted octanol–water partition coefficient (Wildman–Crippen LogP) is 3.67. The van der Waals surface area contributed by atoms with Crippen molar-refractivity contribution < 1.29 is 9.84 Å². The first-order valence-electron chi connectivity index (χ1n) is 7.83. The Kier molecular flexibility index (Phi) is 5.32. The van der Waals surface area contributed by atoms with Crippen LogP contribution >= 0.6 is 31.9 Å². The van der Waals surface area contributed by atoms with Crippen LogP contribution in [0.3, 0.4) is 0 Å². The molecule has 2 fully saturated rings. The summed E-state index contributed by atoms with van der Waals surface area (Å²) in [7, 11) is 1.60. The van der Waals surface area contributed by atoms with Crippen molar-refractivity contribution in [3.63, 3.8) is 0 Å². The van der Waals surface area contributed by atoms with E-state index in [4.69, 9.17) is 4.74 Å². The Bertz CT molecular complexity index is 543. The lowest BCUT2D eigenvalue weighted by Gasteiger charge is -2.43. The number of aromatic hydroxyl groups is 1. The van der Waals surface area contributed by atoms with Gasteiger partial charge in [-0.05, 0) is 62.2 Å². The maximum Gasteiger partial charge on any atom is 0.173 e. The molecule has 1 atom stereocenters. The van der Waals surface area contributed by atoms with Crippen molar-refractivity contribution in [3.8, 4) is 11.5 Å². The molecule has 22 heavy (non-hydrogen) atoms. The highest BCUT2D eigenvalue weighted by Gasteiger charge is 2.35. The second kappa shape index (κ2) is 7.07. The van der Waals surface area contributed by atoms with Gasteiger partial charge in [-0.25, -0.2) is 0 Å². The maximum atomic E-state index is 10.2. The number of phenols is 1. The molecule has 1 aliphatic carbocycles. The number of nitrogens with zero attached hydrogens (tertiary/aromatic N) is 1. The van der Waals surface area contributed by atoms with E-state index in [0.717, 1.165) is 30.7 Å². The summed E-state index contributed by atoms with van der Waals surface area (Å²) in [4.78, 5) is 2.57. The van der Waals surface area contributed by atoms with Crippen LogP contribution in [-0.2, 0) is 0 Å². The van der Waals surface area contributed by atoms with E-state index in [1.165, 1.54) is 24.8 Å². The molecule has 1 aliphatic heterocycles. The zero-order valence-electron chi connectivity index (χ0n) is 12.7. The fourth-order valence-corrected chi connectivity index (χ4v) is 4.41. The van der Waals surface area contributed by atoms with Gasteiger partial charge in [-0.1, -0.05) is 6.42 Å². The SMILES string of the molecule is COc1cc([C@@H](C2CCC2)N2CCNCC2)c(Br)c(Br)c1O. The summed E-state index contributed by atoms with van der Waals surface area (Å²) in [6, 6.07) is 2.38. The molecule has 4 nitrogen and oxygen atoms in total. The Morgan fingerprint density at radius 1 is 1.27 bits per heavy atom. The second-order valence-electron chi connectivity index (χ2n) is 6.07. The highest BCUT2D eigenvalue weighted by Crippen LogP contribution is 2.49. The molecule has 0 unspecified atom stereocenters. The normalized spacial score (nSPS) is 21.4. The number of phenolic OH excluding ortho intramolecular Hbond substituents is 1. The number of halogens is 2. The van der Waals surface area contributed by atoms with Crippen LogP contribution in [0.15, 0.2) is 15.0 Å². The van der Waals surface area contributed by atoms with Gasteiger partial charge in [-0.15, -0.1) is 0 Å². The number of hydrogen-bond acceptors (Lipinski definition) is 4. The van der Waals surface area contributed by atoms with Gasteiger partial charge < -0.3 is 15.2 Å². The van der Waals surface area contributed by atoms with Crippen LogP contribution in [0.1, 0.15) is 30.9 Å². The number of rotatable bonds is 4. The summed E-state index contributed by atoms with van der Waals surface area (Å²) in [6.07, 6.45) is 3.88. The molecule has 0 spiro atoms. The van der Waals surface area contributed by atoms with Crippen LogP contribution in [0.4, 0.5) is 0 Å². The average molecular weight is 434 g/mol. The molecular weight excluding hydrogens is 412 g/mol. The summed E-state index contributed by atoms with van der Waals surface area (Å²) < 4.78 is 6.99. The molecule has 0 amide bonds. The molecule has 0 radical (unpaired) electrons. The highest BCUT2D eigenvalue weighted by atomic mass is 79.9. The van der Waals surface area contributed by atoms with Crippen LogP contribution < -0.4 is 10.1 Å². The van der Waals surface area contributed by atoms with Crippen molar-refractivity contribution in [2.75, 3.05) is 33.3 Å². The van der Waals surface area contributed by atoms with Gasteiger partial charge in [0.15, 0.2) is 11.5 Å². The monoisotopic (exact) mass is 432 g/mol. The summed E-state index contributed by atoms with van der Waals surface area (Å²) in [5, 5.41) is 13.6. The van der Waals surface area contributed by atoms with E-state index in [9.17, 15) is 5.11 Å². The Hall–Kier alpha value is -0.300. The molecule has 1 aromatic rings. The van der Waals surface area contributed by atoms with Gasteiger partial charge in [0.2, 0.25) is 0 Å². The minimum Gasteiger partial charge on any atom is -0.503 e. The Balaban J connectivity index is 2.01. The summed E-state index contributed by atoms with van der Waals surface area (Å²) in [6.45, 7) is 4.21. The topological polar surface area (TPSA) is 44.7 Å². The molecule has 2 aliphatic rings. The fourth-order valence-electron chi connectivity index (χ4n) is 3.45. The molecule has 1 saturated heterocycles.